The lowest BCUT2D eigenvalue weighted by atomic mass is 10.1. The Hall–Kier alpha value is -3.26. The molecule has 1 aromatic heterocycles. The smallest absolute Gasteiger partial charge is 0.172 e. The molecule has 2 aliphatic heterocycles. The second-order valence-corrected chi connectivity index (χ2v) is 10.1. The van der Waals surface area contributed by atoms with E-state index in [-0.39, 0.29) is 17.9 Å². The third kappa shape index (κ3) is 6.18. The van der Waals surface area contributed by atoms with Crippen LogP contribution in [0.1, 0.15) is 50.1 Å². The maximum atomic E-state index is 14.1. The van der Waals surface area contributed by atoms with Crippen molar-refractivity contribution in [2.24, 2.45) is 0 Å². The highest BCUT2D eigenvalue weighted by atomic mass is 19.1. The lowest BCUT2D eigenvalue weighted by Crippen LogP contribution is -2.40. The summed E-state index contributed by atoms with van der Waals surface area (Å²) in [6.07, 6.45) is 3.18. The van der Waals surface area contributed by atoms with Gasteiger partial charge in [0.2, 0.25) is 0 Å². The Kier molecular flexibility index (Phi) is 7.84. The summed E-state index contributed by atoms with van der Waals surface area (Å²) in [6, 6.07) is 14.3. The maximum absolute atomic E-state index is 14.1. The van der Waals surface area contributed by atoms with Crippen molar-refractivity contribution in [1.29, 1.82) is 0 Å². The number of nitrogens with zero attached hydrogens (tertiary/aromatic N) is 4. The number of aromatic nitrogens is 2. The van der Waals surface area contributed by atoms with E-state index in [1.165, 1.54) is 17.7 Å². The SMILES string of the molecule is CC[C@@H](C)Nc1nc2c(nc1N1CCC(Oc3ccc(F)cc3F)CC1)CCN(Cc1ccccc1)C2. The average molecular weight is 508 g/mol. The Balaban J connectivity index is 1.30. The van der Waals surface area contributed by atoms with Crippen molar-refractivity contribution in [1.82, 2.24) is 14.9 Å². The van der Waals surface area contributed by atoms with Gasteiger partial charge in [0.15, 0.2) is 23.2 Å². The van der Waals surface area contributed by atoms with E-state index < -0.39 is 11.6 Å². The lowest BCUT2D eigenvalue weighted by Gasteiger charge is -2.35. The number of halogens is 2. The van der Waals surface area contributed by atoms with Crippen LogP contribution in [0.15, 0.2) is 48.5 Å². The van der Waals surface area contributed by atoms with Crippen LogP contribution in [0.4, 0.5) is 20.4 Å². The molecule has 0 radical (unpaired) electrons. The van der Waals surface area contributed by atoms with Crippen LogP contribution < -0.4 is 15.0 Å². The first-order valence-corrected chi connectivity index (χ1v) is 13.3. The van der Waals surface area contributed by atoms with Crippen LogP contribution in [0, 0.1) is 11.6 Å². The molecule has 0 spiro atoms. The number of nitrogens with one attached hydrogen (secondary N) is 1. The number of rotatable bonds is 8. The Morgan fingerprint density at radius 3 is 2.54 bits per heavy atom. The Morgan fingerprint density at radius 2 is 1.81 bits per heavy atom. The molecule has 8 heteroatoms. The molecule has 196 valence electrons. The van der Waals surface area contributed by atoms with Crippen molar-refractivity contribution in [3.8, 4) is 5.75 Å². The summed E-state index contributed by atoms with van der Waals surface area (Å²) in [5, 5.41) is 3.59. The zero-order valence-corrected chi connectivity index (χ0v) is 21.6. The molecule has 0 bridgehead atoms. The number of anilines is 2. The molecule has 1 saturated heterocycles. The van der Waals surface area contributed by atoms with Gasteiger partial charge in [0.25, 0.3) is 0 Å². The molecule has 1 fully saturated rings. The number of hydrogen-bond acceptors (Lipinski definition) is 6. The third-order valence-corrected chi connectivity index (χ3v) is 7.24. The quantitative estimate of drug-likeness (QED) is 0.430. The predicted octanol–water partition coefficient (Wildman–Crippen LogP) is 5.57. The van der Waals surface area contributed by atoms with Gasteiger partial charge in [-0.05, 0) is 31.0 Å². The molecule has 3 heterocycles. The van der Waals surface area contributed by atoms with Gasteiger partial charge in [0.1, 0.15) is 11.9 Å². The van der Waals surface area contributed by atoms with Crippen molar-refractivity contribution in [2.45, 2.75) is 64.8 Å². The molecule has 6 nitrogen and oxygen atoms in total. The Labute approximate surface area is 217 Å². The van der Waals surface area contributed by atoms with Crippen molar-refractivity contribution in [3.63, 3.8) is 0 Å². The Morgan fingerprint density at radius 1 is 1.03 bits per heavy atom. The minimum Gasteiger partial charge on any atom is -0.487 e. The molecule has 0 unspecified atom stereocenters. The molecule has 1 atom stereocenters. The molecule has 0 amide bonds. The molecule has 0 aliphatic carbocycles. The zero-order valence-electron chi connectivity index (χ0n) is 21.6. The van der Waals surface area contributed by atoms with Crippen molar-refractivity contribution in [3.05, 3.63) is 77.1 Å². The standard InChI is InChI=1S/C29H35F2N5O/c1-3-20(2)32-28-29(36-15-11-23(12-16-36)37-27-10-9-22(30)17-24(27)31)34-25-13-14-35(19-26(25)33-28)18-21-7-5-4-6-8-21/h4-10,17,20,23H,3,11-16,18-19H2,1-2H3,(H,32,33)/t20-/m1/s1. The molecule has 3 aromatic rings. The van der Waals surface area contributed by atoms with E-state index >= 15 is 0 Å². The van der Waals surface area contributed by atoms with Gasteiger partial charge >= 0.3 is 0 Å². The van der Waals surface area contributed by atoms with Crippen LogP contribution in [0.3, 0.4) is 0 Å². The fourth-order valence-corrected chi connectivity index (χ4v) is 4.94. The van der Waals surface area contributed by atoms with Crippen molar-refractivity contribution in [2.75, 3.05) is 29.9 Å². The van der Waals surface area contributed by atoms with E-state index in [1.54, 1.807) is 0 Å². The van der Waals surface area contributed by atoms with Gasteiger partial charge in [-0.1, -0.05) is 37.3 Å². The Bertz CT molecular complexity index is 1200. The van der Waals surface area contributed by atoms with Crippen LogP contribution in [0.25, 0.3) is 0 Å². The van der Waals surface area contributed by atoms with Crippen LogP contribution in [-0.2, 0) is 19.5 Å². The molecular weight excluding hydrogens is 472 g/mol. The molecule has 0 saturated carbocycles. The lowest BCUT2D eigenvalue weighted by molar-refractivity contribution is 0.163. The predicted molar refractivity (Wildman–Crippen MR) is 142 cm³/mol. The number of hydrogen-bond donors (Lipinski definition) is 1. The first-order valence-electron chi connectivity index (χ1n) is 13.3. The van der Waals surface area contributed by atoms with Gasteiger partial charge in [-0.15, -0.1) is 0 Å². The fraction of sp³-hybridized carbons (Fsp3) is 0.448. The summed E-state index contributed by atoms with van der Waals surface area (Å²) in [5.41, 5.74) is 3.42. The summed E-state index contributed by atoms with van der Waals surface area (Å²) < 4.78 is 33.2. The number of ether oxygens (including phenoxy) is 1. The summed E-state index contributed by atoms with van der Waals surface area (Å²) in [4.78, 5) is 14.9. The van der Waals surface area contributed by atoms with E-state index in [2.05, 4.69) is 53.2 Å². The van der Waals surface area contributed by atoms with E-state index in [9.17, 15) is 8.78 Å². The first kappa shape index (κ1) is 25.4. The minimum absolute atomic E-state index is 0.104. The highest BCUT2D eigenvalue weighted by Gasteiger charge is 2.28. The average Bonchev–Trinajstić information content (AvgIpc) is 2.91. The monoisotopic (exact) mass is 507 g/mol. The normalized spacial score (nSPS) is 17.4. The molecular formula is C29H35F2N5O. The van der Waals surface area contributed by atoms with Crippen LogP contribution in [0.5, 0.6) is 5.75 Å². The van der Waals surface area contributed by atoms with E-state index in [0.29, 0.717) is 0 Å². The van der Waals surface area contributed by atoms with E-state index in [1.807, 2.05) is 6.07 Å². The molecule has 1 N–H and O–H groups in total. The van der Waals surface area contributed by atoms with Crippen LogP contribution in [0.2, 0.25) is 0 Å². The van der Waals surface area contributed by atoms with Gasteiger partial charge in [0.05, 0.1) is 11.4 Å². The highest BCUT2D eigenvalue weighted by molar-refractivity contribution is 5.62. The number of fused-ring (bicyclic) bond motifs is 1. The first-order chi connectivity index (χ1) is 18.0. The van der Waals surface area contributed by atoms with Crippen molar-refractivity contribution >= 4 is 11.6 Å². The zero-order chi connectivity index (χ0) is 25.8. The van der Waals surface area contributed by atoms with Gasteiger partial charge in [-0.2, -0.15) is 0 Å². The molecule has 2 aliphatic rings. The highest BCUT2D eigenvalue weighted by Crippen LogP contribution is 2.31. The number of piperidine rings is 1. The van der Waals surface area contributed by atoms with Gasteiger partial charge in [0, 0.05) is 64.1 Å². The van der Waals surface area contributed by atoms with Crippen LogP contribution in [-0.4, -0.2) is 46.6 Å². The third-order valence-electron chi connectivity index (χ3n) is 7.24. The maximum Gasteiger partial charge on any atom is 0.172 e. The summed E-state index contributed by atoms with van der Waals surface area (Å²) in [5.74, 6) is 0.563. The van der Waals surface area contributed by atoms with Gasteiger partial charge in [-0.3, -0.25) is 4.90 Å². The van der Waals surface area contributed by atoms with E-state index in [0.717, 1.165) is 87.5 Å². The van der Waals surface area contributed by atoms with Gasteiger partial charge in [-0.25, -0.2) is 18.7 Å². The van der Waals surface area contributed by atoms with Crippen molar-refractivity contribution < 1.29 is 13.5 Å². The summed E-state index contributed by atoms with van der Waals surface area (Å²) in [7, 11) is 0. The fourth-order valence-electron chi connectivity index (χ4n) is 4.94. The van der Waals surface area contributed by atoms with Crippen LogP contribution >= 0.6 is 0 Å². The van der Waals surface area contributed by atoms with Gasteiger partial charge < -0.3 is 15.0 Å². The second kappa shape index (κ2) is 11.4. The molecule has 5 rings (SSSR count). The number of benzene rings is 2. The topological polar surface area (TPSA) is 53.5 Å². The molecule has 37 heavy (non-hydrogen) atoms. The minimum atomic E-state index is -0.663. The van der Waals surface area contributed by atoms with E-state index in [4.69, 9.17) is 14.7 Å². The summed E-state index contributed by atoms with van der Waals surface area (Å²) >= 11 is 0. The second-order valence-electron chi connectivity index (χ2n) is 10.1. The largest absolute Gasteiger partial charge is 0.487 e. The summed E-state index contributed by atoms with van der Waals surface area (Å²) in [6.45, 7) is 8.41. The molecule has 2 aromatic carbocycles.